The monoisotopic (exact) mass is 410 g/mol. The van der Waals surface area contributed by atoms with Crippen LogP contribution in [-0.4, -0.2) is 40.3 Å². The van der Waals surface area contributed by atoms with Crippen molar-refractivity contribution in [1.82, 2.24) is 5.32 Å². The Labute approximate surface area is 165 Å². The van der Waals surface area contributed by atoms with Gasteiger partial charge < -0.3 is 10.1 Å². The number of amides is 1. The number of carbonyl (C=O) groups is 1. The maximum Gasteiger partial charge on any atom is 0.240 e. The third-order valence-electron chi connectivity index (χ3n) is 3.84. The SMILES string of the molecule is Cc1ccc(C)c(N(CC(=O)NCCOc2ccccc2Cl)S(C)(=O)=O)c1. The fraction of sp³-hybridized carbons (Fsp3) is 0.316. The Balaban J connectivity index is 1.96. The van der Waals surface area contributed by atoms with E-state index in [2.05, 4.69) is 5.32 Å². The van der Waals surface area contributed by atoms with Crippen molar-refractivity contribution in [2.24, 2.45) is 0 Å². The van der Waals surface area contributed by atoms with Crippen LogP contribution in [0.2, 0.25) is 5.02 Å². The topological polar surface area (TPSA) is 75.7 Å². The molecule has 0 bridgehead atoms. The summed E-state index contributed by atoms with van der Waals surface area (Å²) in [4.78, 5) is 12.2. The van der Waals surface area contributed by atoms with Gasteiger partial charge in [-0.15, -0.1) is 0 Å². The first-order valence-corrected chi connectivity index (χ1v) is 10.6. The number of hydrogen-bond donors (Lipinski definition) is 1. The minimum atomic E-state index is -3.61. The van der Waals surface area contributed by atoms with Crippen LogP contribution in [0.3, 0.4) is 0 Å². The van der Waals surface area contributed by atoms with Gasteiger partial charge in [-0.1, -0.05) is 35.9 Å². The van der Waals surface area contributed by atoms with Gasteiger partial charge in [0.15, 0.2) is 0 Å². The van der Waals surface area contributed by atoms with E-state index in [1.54, 1.807) is 30.3 Å². The zero-order chi connectivity index (χ0) is 20.0. The Morgan fingerprint density at radius 2 is 1.89 bits per heavy atom. The summed E-state index contributed by atoms with van der Waals surface area (Å²) in [5, 5.41) is 3.15. The summed E-state index contributed by atoms with van der Waals surface area (Å²) in [6.07, 6.45) is 1.09. The van der Waals surface area contributed by atoms with Crippen LogP contribution in [0.15, 0.2) is 42.5 Å². The van der Waals surface area contributed by atoms with E-state index in [-0.39, 0.29) is 19.7 Å². The van der Waals surface area contributed by atoms with Crippen molar-refractivity contribution in [1.29, 1.82) is 0 Å². The van der Waals surface area contributed by atoms with E-state index in [1.165, 1.54) is 0 Å². The minimum Gasteiger partial charge on any atom is -0.490 e. The van der Waals surface area contributed by atoms with E-state index in [0.717, 1.165) is 21.7 Å². The fourth-order valence-corrected chi connectivity index (χ4v) is 3.56. The molecule has 0 unspecified atom stereocenters. The average Bonchev–Trinajstić information content (AvgIpc) is 2.59. The molecule has 0 saturated carbocycles. The largest absolute Gasteiger partial charge is 0.490 e. The summed E-state index contributed by atoms with van der Waals surface area (Å²) in [5.41, 5.74) is 2.19. The van der Waals surface area contributed by atoms with Gasteiger partial charge in [-0.3, -0.25) is 9.10 Å². The van der Waals surface area contributed by atoms with Crippen LogP contribution in [0.4, 0.5) is 5.69 Å². The Morgan fingerprint density at radius 3 is 2.56 bits per heavy atom. The predicted octanol–water partition coefficient (Wildman–Crippen LogP) is 2.92. The minimum absolute atomic E-state index is 0.220. The Bertz CT molecular complexity index is 916. The molecule has 0 heterocycles. The molecule has 1 amide bonds. The third-order valence-corrected chi connectivity index (χ3v) is 5.28. The van der Waals surface area contributed by atoms with Crippen molar-refractivity contribution in [3.8, 4) is 5.75 Å². The number of sulfonamides is 1. The van der Waals surface area contributed by atoms with Gasteiger partial charge >= 0.3 is 0 Å². The predicted molar refractivity (Wildman–Crippen MR) is 108 cm³/mol. The highest BCUT2D eigenvalue weighted by Crippen LogP contribution is 2.24. The van der Waals surface area contributed by atoms with Crippen molar-refractivity contribution in [2.75, 3.05) is 30.3 Å². The lowest BCUT2D eigenvalue weighted by atomic mass is 10.1. The van der Waals surface area contributed by atoms with Crippen molar-refractivity contribution in [3.63, 3.8) is 0 Å². The van der Waals surface area contributed by atoms with Crippen LogP contribution in [0.5, 0.6) is 5.75 Å². The van der Waals surface area contributed by atoms with Crippen LogP contribution < -0.4 is 14.4 Å². The highest BCUT2D eigenvalue weighted by molar-refractivity contribution is 7.92. The number of nitrogens with zero attached hydrogens (tertiary/aromatic N) is 1. The first-order chi connectivity index (χ1) is 12.7. The summed E-state index contributed by atoms with van der Waals surface area (Å²) in [5.74, 6) is 0.116. The third kappa shape index (κ3) is 6.15. The molecule has 0 spiro atoms. The van der Waals surface area contributed by atoms with Gasteiger partial charge in [0.2, 0.25) is 15.9 Å². The maximum atomic E-state index is 12.2. The highest BCUT2D eigenvalue weighted by Gasteiger charge is 2.22. The van der Waals surface area contributed by atoms with E-state index in [0.29, 0.717) is 16.5 Å². The number of hydrogen-bond acceptors (Lipinski definition) is 4. The lowest BCUT2D eigenvalue weighted by molar-refractivity contribution is -0.119. The van der Waals surface area contributed by atoms with Gasteiger partial charge in [-0.25, -0.2) is 8.42 Å². The molecule has 2 aromatic carbocycles. The number of anilines is 1. The van der Waals surface area contributed by atoms with Crippen LogP contribution in [-0.2, 0) is 14.8 Å². The Hall–Kier alpha value is -2.25. The summed E-state index contributed by atoms with van der Waals surface area (Å²) < 4.78 is 31.0. The fourth-order valence-electron chi connectivity index (χ4n) is 2.47. The number of rotatable bonds is 8. The normalized spacial score (nSPS) is 11.1. The smallest absolute Gasteiger partial charge is 0.240 e. The van der Waals surface area contributed by atoms with Crippen molar-refractivity contribution >= 4 is 33.2 Å². The second kappa shape index (κ2) is 9.10. The zero-order valence-electron chi connectivity index (χ0n) is 15.5. The molecule has 0 aliphatic heterocycles. The summed E-state index contributed by atoms with van der Waals surface area (Å²) >= 11 is 5.99. The van der Waals surface area contributed by atoms with Crippen molar-refractivity contribution in [3.05, 3.63) is 58.6 Å². The lowest BCUT2D eigenvalue weighted by Crippen LogP contribution is -2.41. The van der Waals surface area contributed by atoms with E-state index >= 15 is 0 Å². The number of para-hydroxylation sites is 1. The zero-order valence-corrected chi connectivity index (χ0v) is 17.1. The number of aryl methyl sites for hydroxylation is 2. The molecule has 146 valence electrons. The molecular formula is C19H23ClN2O4S. The number of halogens is 1. The second-order valence-electron chi connectivity index (χ2n) is 6.19. The molecule has 6 nitrogen and oxygen atoms in total. The van der Waals surface area contributed by atoms with Crippen molar-refractivity contribution < 1.29 is 17.9 Å². The van der Waals surface area contributed by atoms with Crippen molar-refractivity contribution in [2.45, 2.75) is 13.8 Å². The second-order valence-corrected chi connectivity index (χ2v) is 8.50. The van der Waals surface area contributed by atoms with Crippen LogP contribution in [0.1, 0.15) is 11.1 Å². The van der Waals surface area contributed by atoms with Gasteiger partial charge in [0.1, 0.15) is 18.9 Å². The molecule has 8 heteroatoms. The summed E-state index contributed by atoms with van der Waals surface area (Å²) in [6, 6.07) is 12.5. The highest BCUT2D eigenvalue weighted by atomic mass is 35.5. The van der Waals surface area contributed by atoms with Gasteiger partial charge in [-0.05, 0) is 43.2 Å². The number of carbonyl (C=O) groups excluding carboxylic acids is 1. The Morgan fingerprint density at radius 1 is 1.19 bits per heavy atom. The molecule has 0 aliphatic rings. The van der Waals surface area contributed by atoms with E-state index in [9.17, 15) is 13.2 Å². The molecule has 27 heavy (non-hydrogen) atoms. The van der Waals surface area contributed by atoms with Crippen LogP contribution >= 0.6 is 11.6 Å². The van der Waals surface area contributed by atoms with Crippen LogP contribution in [0.25, 0.3) is 0 Å². The van der Waals surface area contributed by atoms with Gasteiger partial charge in [-0.2, -0.15) is 0 Å². The molecule has 1 N–H and O–H groups in total. The van der Waals surface area contributed by atoms with E-state index < -0.39 is 15.9 Å². The molecular weight excluding hydrogens is 388 g/mol. The number of benzene rings is 2. The molecule has 0 aromatic heterocycles. The molecule has 2 rings (SSSR count). The molecule has 0 saturated heterocycles. The Kier molecular flexibility index (Phi) is 7.10. The molecule has 0 aliphatic carbocycles. The first kappa shape index (κ1) is 21.1. The molecule has 2 aromatic rings. The number of ether oxygens (including phenoxy) is 1. The van der Waals surface area contributed by atoms with Gasteiger partial charge in [0.05, 0.1) is 23.5 Å². The maximum absolute atomic E-state index is 12.2. The standard InChI is InChI=1S/C19H23ClN2O4S/c1-14-8-9-15(2)17(12-14)22(27(3,24)25)13-19(23)21-10-11-26-18-7-5-4-6-16(18)20/h4-9,12H,10-11,13H2,1-3H3,(H,21,23). The van der Waals surface area contributed by atoms with Crippen LogP contribution in [0, 0.1) is 13.8 Å². The first-order valence-electron chi connectivity index (χ1n) is 8.37. The van der Waals surface area contributed by atoms with Gasteiger partial charge in [0.25, 0.3) is 0 Å². The lowest BCUT2D eigenvalue weighted by Gasteiger charge is -2.24. The number of nitrogens with one attached hydrogen (secondary N) is 1. The molecule has 0 atom stereocenters. The average molecular weight is 411 g/mol. The summed E-state index contributed by atoms with van der Waals surface area (Å²) in [6.45, 7) is 3.83. The summed E-state index contributed by atoms with van der Waals surface area (Å²) in [7, 11) is -3.61. The van der Waals surface area contributed by atoms with E-state index in [1.807, 2.05) is 26.0 Å². The quantitative estimate of drug-likeness (QED) is 0.679. The van der Waals surface area contributed by atoms with Gasteiger partial charge in [0, 0.05) is 0 Å². The molecule has 0 radical (unpaired) electrons. The molecule has 0 fully saturated rings. The van der Waals surface area contributed by atoms with E-state index in [4.69, 9.17) is 16.3 Å².